The van der Waals surface area contributed by atoms with Crippen molar-refractivity contribution < 1.29 is 21.9 Å². The largest absolute Gasteiger partial charge is 0.376 e. The minimum Gasteiger partial charge on any atom is -0.376 e. The molecule has 0 saturated heterocycles. The molecule has 0 amide bonds. The summed E-state index contributed by atoms with van der Waals surface area (Å²) in [7, 11) is -3.32. The number of hydrogen-bond donors (Lipinski definition) is 1. The van der Waals surface area contributed by atoms with Crippen molar-refractivity contribution in [2.24, 2.45) is 5.14 Å². The highest BCUT2D eigenvalue weighted by Gasteiger charge is 2.02. The Labute approximate surface area is 108 Å². The fourth-order valence-corrected chi connectivity index (χ4v) is 2.17. The second kappa shape index (κ2) is 10.6. The third-order valence-electron chi connectivity index (χ3n) is 2.46. The molecule has 110 valence electrons. The highest BCUT2D eigenvalue weighted by molar-refractivity contribution is 7.89. The standard InChI is InChI=1S/C11H23F2NO3S/c12-11(13)10-17-8-6-4-2-1-3-5-7-9-18(14,15)16/h11H,1-10H2,(H2,14,15,16). The molecule has 0 fully saturated rings. The Kier molecular flexibility index (Phi) is 10.5. The van der Waals surface area contributed by atoms with Gasteiger partial charge in [0.25, 0.3) is 6.43 Å². The molecule has 0 bridgehead atoms. The molecule has 0 unspecified atom stereocenters. The van der Waals surface area contributed by atoms with Gasteiger partial charge in [-0.05, 0) is 12.8 Å². The van der Waals surface area contributed by atoms with E-state index in [2.05, 4.69) is 0 Å². The van der Waals surface area contributed by atoms with E-state index < -0.39 is 23.1 Å². The summed E-state index contributed by atoms with van der Waals surface area (Å²) in [5.74, 6) is 0.0501. The lowest BCUT2D eigenvalue weighted by Crippen LogP contribution is -2.16. The molecule has 0 aliphatic rings. The Hall–Kier alpha value is -0.270. The van der Waals surface area contributed by atoms with E-state index >= 15 is 0 Å². The minimum absolute atomic E-state index is 0.0501. The lowest BCUT2D eigenvalue weighted by molar-refractivity contribution is 0.0162. The average molecular weight is 287 g/mol. The van der Waals surface area contributed by atoms with Crippen molar-refractivity contribution in [3.63, 3.8) is 0 Å². The lowest BCUT2D eigenvalue weighted by atomic mass is 10.1. The van der Waals surface area contributed by atoms with Crippen LogP contribution >= 0.6 is 0 Å². The topological polar surface area (TPSA) is 69.4 Å². The van der Waals surface area contributed by atoms with Gasteiger partial charge in [-0.25, -0.2) is 22.3 Å². The number of primary sulfonamides is 1. The third kappa shape index (κ3) is 15.7. The van der Waals surface area contributed by atoms with E-state index in [4.69, 9.17) is 9.88 Å². The molecule has 0 aromatic carbocycles. The molecule has 7 heteroatoms. The van der Waals surface area contributed by atoms with Crippen LogP contribution in [0.1, 0.15) is 44.9 Å². The van der Waals surface area contributed by atoms with Crippen molar-refractivity contribution in [1.29, 1.82) is 0 Å². The summed E-state index contributed by atoms with van der Waals surface area (Å²) in [5.41, 5.74) is 0. The number of ether oxygens (including phenoxy) is 1. The van der Waals surface area contributed by atoms with Gasteiger partial charge in [-0.15, -0.1) is 0 Å². The van der Waals surface area contributed by atoms with Gasteiger partial charge in [0.15, 0.2) is 0 Å². The van der Waals surface area contributed by atoms with Crippen LogP contribution < -0.4 is 5.14 Å². The smallest absolute Gasteiger partial charge is 0.261 e. The number of unbranched alkanes of at least 4 members (excludes halogenated alkanes) is 6. The Balaban J connectivity index is 3.08. The van der Waals surface area contributed by atoms with Crippen LogP contribution in [0.4, 0.5) is 8.78 Å². The molecule has 2 N–H and O–H groups in total. The third-order valence-corrected chi connectivity index (χ3v) is 3.32. The van der Waals surface area contributed by atoms with E-state index in [9.17, 15) is 17.2 Å². The summed E-state index contributed by atoms with van der Waals surface area (Å²) >= 11 is 0. The molecule has 0 radical (unpaired) electrons. The van der Waals surface area contributed by atoms with Gasteiger partial charge in [-0.1, -0.05) is 32.1 Å². The van der Waals surface area contributed by atoms with Crippen molar-refractivity contribution in [3.05, 3.63) is 0 Å². The number of rotatable bonds is 12. The molecule has 0 heterocycles. The zero-order valence-corrected chi connectivity index (χ0v) is 11.4. The van der Waals surface area contributed by atoms with E-state index in [1.165, 1.54) is 0 Å². The monoisotopic (exact) mass is 287 g/mol. The van der Waals surface area contributed by atoms with Crippen LogP contribution in [0.3, 0.4) is 0 Å². The Morgan fingerprint density at radius 1 is 0.944 bits per heavy atom. The second-order valence-electron chi connectivity index (χ2n) is 4.31. The van der Waals surface area contributed by atoms with Crippen molar-refractivity contribution in [1.82, 2.24) is 0 Å². The van der Waals surface area contributed by atoms with Crippen molar-refractivity contribution in [2.75, 3.05) is 19.0 Å². The van der Waals surface area contributed by atoms with E-state index in [-0.39, 0.29) is 5.75 Å². The molecule has 0 aromatic heterocycles. The molecular formula is C11H23F2NO3S. The number of nitrogens with two attached hydrogens (primary N) is 1. The zero-order chi connectivity index (χ0) is 13.9. The van der Waals surface area contributed by atoms with E-state index in [0.717, 1.165) is 38.5 Å². The van der Waals surface area contributed by atoms with Crippen LogP contribution in [0.15, 0.2) is 0 Å². The van der Waals surface area contributed by atoms with Crippen molar-refractivity contribution in [2.45, 2.75) is 51.4 Å². The number of alkyl halides is 2. The normalized spacial score (nSPS) is 12.2. The highest BCUT2D eigenvalue weighted by Crippen LogP contribution is 2.08. The van der Waals surface area contributed by atoms with Crippen LogP contribution in [-0.2, 0) is 14.8 Å². The first-order valence-corrected chi connectivity index (χ1v) is 8.00. The second-order valence-corrected chi connectivity index (χ2v) is 6.04. The SMILES string of the molecule is NS(=O)(=O)CCCCCCCCCOCC(F)F. The number of hydrogen-bond acceptors (Lipinski definition) is 3. The zero-order valence-electron chi connectivity index (χ0n) is 10.6. The predicted molar refractivity (Wildman–Crippen MR) is 67.1 cm³/mol. The predicted octanol–water partition coefficient (Wildman–Crippen LogP) is 2.29. The Morgan fingerprint density at radius 2 is 1.44 bits per heavy atom. The van der Waals surface area contributed by atoms with Gasteiger partial charge < -0.3 is 4.74 Å². The maximum absolute atomic E-state index is 11.7. The molecular weight excluding hydrogens is 264 g/mol. The van der Waals surface area contributed by atoms with Gasteiger partial charge in [-0.3, -0.25) is 0 Å². The summed E-state index contributed by atoms with van der Waals surface area (Å²) in [4.78, 5) is 0. The molecule has 0 aliphatic carbocycles. The van der Waals surface area contributed by atoms with E-state index in [1.807, 2.05) is 0 Å². The van der Waals surface area contributed by atoms with Crippen LogP contribution in [0.2, 0.25) is 0 Å². The quantitative estimate of drug-likeness (QED) is 0.560. The average Bonchev–Trinajstić information content (AvgIpc) is 2.24. The Bertz CT molecular complexity index is 284. The maximum atomic E-state index is 11.7. The Morgan fingerprint density at radius 3 is 1.94 bits per heavy atom. The molecule has 4 nitrogen and oxygen atoms in total. The van der Waals surface area contributed by atoms with Gasteiger partial charge in [0.2, 0.25) is 10.0 Å². The summed E-state index contributed by atoms with van der Waals surface area (Å²) in [6.45, 7) is -0.0939. The van der Waals surface area contributed by atoms with Crippen LogP contribution in [0.5, 0.6) is 0 Å². The number of halogens is 2. The van der Waals surface area contributed by atoms with E-state index in [1.54, 1.807) is 0 Å². The maximum Gasteiger partial charge on any atom is 0.261 e. The van der Waals surface area contributed by atoms with Gasteiger partial charge in [0.1, 0.15) is 6.61 Å². The molecule has 0 saturated carbocycles. The molecule has 0 spiro atoms. The summed E-state index contributed by atoms with van der Waals surface area (Å²) < 4.78 is 49.4. The van der Waals surface area contributed by atoms with Crippen molar-refractivity contribution >= 4 is 10.0 Å². The fraction of sp³-hybridized carbons (Fsp3) is 1.00. The molecule has 18 heavy (non-hydrogen) atoms. The molecule has 0 aromatic rings. The molecule has 0 rings (SSSR count). The highest BCUT2D eigenvalue weighted by atomic mass is 32.2. The van der Waals surface area contributed by atoms with Gasteiger partial charge in [0, 0.05) is 6.61 Å². The van der Waals surface area contributed by atoms with Crippen molar-refractivity contribution in [3.8, 4) is 0 Å². The van der Waals surface area contributed by atoms with Crippen LogP contribution in [0, 0.1) is 0 Å². The lowest BCUT2D eigenvalue weighted by Gasteiger charge is -2.03. The van der Waals surface area contributed by atoms with Gasteiger partial charge in [-0.2, -0.15) is 0 Å². The fourth-order valence-electron chi connectivity index (χ4n) is 1.56. The summed E-state index contributed by atoms with van der Waals surface area (Å²) in [5, 5.41) is 4.87. The van der Waals surface area contributed by atoms with Crippen LogP contribution in [0.25, 0.3) is 0 Å². The van der Waals surface area contributed by atoms with Gasteiger partial charge in [0.05, 0.1) is 5.75 Å². The minimum atomic E-state index is -3.32. The van der Waals surface area contributed by atoms with Crippen LogP contribution in [-0.4, -0.2) is 33.8 Å². The molecule has 0 atom stereocenters. The first-order chi connectivity index (χ1) is 8.42. The first-order valence-electron chi connectivity index (χ1n) is 6.28. The molecule has 0 aliphatic heterocycles. The first kappa shape index (κ1) is 17.7. The summed E-state index contributed by atoms with van der Waals surface area (Å²) in [6.07, 6.45) is 3.86. The van der Waals surface area contributed by atoms with Gasteiger partial charge >= 0.3 is 0 Å². The summed E-state index contributed by atoms with van der Waals surface area (Å²) in [6, 6.07) is 0. The number of sulfonamides is 1. The van der Waals surface area contributed by atoms with E-state index in [0.29, 0.717) is 13.0 Å².